The molecule has 0 saturated carbocycles. The minimum Gasteiger partial charge on any atom is -0.480 e. The minimum absolute atomic E-state index is 0.0385. The lowest BCUT2D eigenvalue weighted by atomic mass is 10.1. The summed E-state index contributed by atoms with van der Waals surface area (Å²) in [5.41, 5.74) is 0. The van der Waals surface area contributed by atoms with E-state index in [1.165, 1.54) is 0 Å². The molecular formula is C6H11NO4S. The van der Waals surface area contributed by atoms with E-state index >= 15 is 0 Å². The van der Waals surface area contributed by atoms with Crippen LogP contribution in [-0.4, -0.2) is 31.3 Å². The van der Waals surface area contributed by atoms with Gasteiger partial charge in [0.1, 0.15) is 6.04 Å². The van der Waals surface area contributed by atoms with Crippen LogP contribution in [0.2, 0.25) is 0 Å². The maximum Gasteiger partial charge on any atom is 0.321 e. The van der Waals surface area contributed by atoms with Crippen LogP contribution in [0.4, 0.5) is 0 Å². The van der Waals surface area contributed by atoms with Gasteiger partial charge in [0.15, 0.2) is 0 Å². The summed E-state index contributed by atoms with van der Waals surface area (Å²) in [6, 6.07) is -0.933. The predicted octanol–water partition coefficient (Wildman–Crippen LogP) is -0.457. The molecule has 1 heterocycles. The van der Waals surface area contributed by atoms with Gasteiger partial charge >= 0.3 is 5.97 Å². The van der Waals surface area contributed by atoms with E-state index in [-0.39, 0.29) is 5.75 Å². The fraction of sp³-hybridized carbons (Fsp3) is 0.833. The normalized spacial score (nSPS) is 29.2. The minimum atomic E-state index is -3.34. The van der Waals surface area contributed by atoms with Crippen molar-refractivity contribution < 1.29 is 18.3 Å². The highest BCUT2D eigenvalue weighted by Crippen LogP contribution is 2.09. The number of rotatable bonds is 1. The molecule has 1 aliphatic heterocycles. The zero-order valence-electron chi connectivity index (χ0n) is 6.49. The molecule has 5 nitrogen and oxygen atoms in total. The molecule has 1 aliphatic rings. The van der Waals surface area contributed by atoms with E-state index in [4.69, 9.17) is 5.11 Å². The number of sulfonamides is 1. The first-order valence-corrected chi connectivity index (χ1v) is 5.39. The Balaban J connectivity index is 2.73. The van der Waals surface area contributed by atoms with E-state index < -0.39 is 22.0 Å². The van der Waals surface area contributed by atoms with Crippen LogP contribution in [0.3, 0.4) is 0 Å². The Morgan fingerprint density at radius 3 is 2.67 bits per heavy atom. The Morgan fingerprint density at radius 2 is 2.08 bits per heavy atom. The summed E-state index contributed by atoms with van der Waals surface area (Å²) in [5, 5.41) is 8.57. The molecule has 12 heavy (non-hydrogen) atoms. The number of hydrogen-bond acceptors (Lipinski definition) is 3. The van der Waals surface area contributed by atoms with Gasteiger partial charge in [0.2, 0.25) is 10.0 Å². The highest BCUT2D eigenvalue weighted by atomic mass is 32.2. The monoisotopic (exact) mass is 193 g/mol. The Morgan fingerprint density at radius 1 is 1.42 bits per heavy atom. The molecule has 0 aromatic heterocycles. The second kappa shape index (κ2) is 3.40. The fourth-order valence-corrected chi connectivity index (χ4v) is 2.50. The molecule has 70 valence electrons. The maximum absolute atomic E-state index is 11.0. The third-order valence-electron chi connectivity index (χ3n) is 1.78. The molecule has 0 amide bonds. The fourth-order valence-electron chi connectivity index (χ4n) is 1.15. The van der Waals surface area contributed by atoms with Crippen LogP contribution in [0.25, 0.3) is 0 Å². The number of carbonyl (C=O) groups is 1. The highest BCUT2D eigenvalue weighted by molar-refractivity contribution is 7.89. The van der Waals surface area contributed by atoms with Crippen molar-refractivity contribution in [1.82, 2.24) is 4.72 Å². The summed E-state index contributed by atoms with van der Waals surface area (Å²) < 4.78 is 24.1. The van der Waals surface area contributed by atoms with Crippen molar-refractivity contribution in [3.63, 3.8) is 0 Å². The van der Waals surface area contributed by atoms with Crippen LogP contribution in [0.5, 0.6) is 0 Å². The molecule has 1 saturated heterocycles. The first kappa shape index (κ1) is 9.47. The molecule has 0 bridgehead atoms. The summed E-state index contributed by atoms with van der Waals surface area (Å²) >= 11 is 0. The quantitative estimate of drug-likeness (QED) is 0.590. The van der Waals surface area contributed by atoms with Crippen molar-refractivity contribution in [2.45, 2.75) is 25.3 Å². The molecule has 0 radical (unpaired) electrons. The third kappa shape index (κ3) is 2.46. The van der Waals surface area contributed by atoms with Crippen molar-refractivity contribution in [2.24, 2.45) is 0 Å². The molecule has 0 spiro atoms. The molecular weight excluding hydrogens is 182 g/mol. The number of hydrogen-bond donors (Lipinski definition) is 2. The van der Waals surface area contributed by atoms with E-state index in [1.807, 2.05) is 0 Å². The third-order valence-corrected chi connectivity index (χ3v) is 3.25. The van der Waals surface area contributed by atoms with E-state index in [9.17, 15) is 13.2 Å². The Bertz CT molecular complexity index is 271. The average Bonchev–Trinajstić information content (AvgIpc) is 2.10. The molecule has 0 unspecified atom stereocenters. The van der Waals surface area contributed by atoms with Gasteiger partial charge in [-0.3, -0.25) is 4.79 Å². The predicted molar refractivity (Wildman–Crippen MR) is 42.2 cm³/mol. The zero-order valence-corrected chi connectivity index (χ0v) is 7.30. The van der Waals surface area contributed by atoms with Crippen molar-refractivity contribution in [2.75, 3.05) is 5.75 Å². The van der Waals surface area contributed by atoms with Gasteiger partial charge in [-0.15, -0.1) is 0 Å². The maximum atomic E-state index is 11.0. The average molecular weight is 193 g/mol. The van der Waals surface area contributed by atoms with Gasteiger partial charge in [-0.1, -0.05) is 6.42 Å². The number of carboxylic acid groups (broad SMARTS) is 1. The van der Waals surface area contributed by atoms with E-state index in [0.29, 0.717) is 19.3 Å². The topological polar surface area (TPSA) is 83.5 Å². The molecule has 1 atom stereocenters. The van der Waals surface area contributed by atoms with Gasteiger partial charge in [0.05, 0.1) is 5.75 Å². The molecule has 1 rings (SSSR count). The Hall–Kier alpha value is -0.620. The number of carboxylic acids is 1. The van der Waals surface area contributed by atoms with Crippen LogP contribution < -0.4 is 4.72 Å². The summed E-state index contributed by atoms with van der Waals surface area (Å²) in [6.07, 6.45) is 1.57. The molecule has 0 aliphatic carbocycles. The van der Waals surface area contributed by atoms with Gasteiger partial charge in [-0.05, 0) is 12.8 Å². The largest absolute Gasteiger partial charge is 0.480 e. The van der Waals surface area contributed by atoms with Crippen LogP contribution >= 0.6 is 0 Å². The lowest BCUT2D eigenvalue weighted by Gasteiger charge is -2.08. The SMILES string of the molecule is O=C(O)[C@@H]1CCCCS(=O)(=O)N1. The van der Waals surface area contributed by atoms with Crippen molar-refractivity contribution >= 4 is 16.0 Å². The molecule has 2 N–H and O–H groups in total. The van der Waals surface area contributed by atoms with Gasteiger partial charge in [-0.25, -0.2) is 13.1 Å². The first-order valence-electron chi connectivity index (χ1n) is 3.74. The molecule has 6 heteroatoms. The smallest absolute Gasteiger partial charge is 0.321 e. The summed E-state index contributed by atoms with van der Waals surface area (Å²) in [5.74, 6) is -1.06. The number of nitrogens with one attached hydrogen (secondary N) is 1. The second-order valence-electron chi connectivity index (χ2n) is 2.82. The Labute approximate surface area is 70.8 Å². The summed E-state index contributed by atoms with van der Waals surface area (Å²) in [7, 11) is -3.34. The Kier molecular flexibility index (Phi) is 2.69. The van der Waals surface area contributed by atoms with Crippen LogP contribution in [-0.2, 0) is 14.8 Å². The van der Waals surface area contributed by atoms with Gasteiger partial charge in [0, 0.05) is 0 Å². The first-order chi connectivity index (χ1) is 5.51. The van der Waals surface area contributed by atoms with E-state index in [2.05, 4.69) is 4.72 Å². The molecule has 0 aromatic carbocycles. The van der Waals surface area contributed by atoms with Gasteiger partial charge < -0.3 is 5.11 Å². The van der Waals surface area contributed by atoms with Gasteiger partial charge in [0.25, 0.3) is 0 Å². The molecule has 1 fully saturated rings. The second-order valence-corrected chi connectivity index (χ2v) is 4.70. The van der Waals surface area contributed by atoms with Crippen molar-refractivity contribution in [3.8, 4) is 0 Å². The van der Waals surface area contributed by atoms with Crippen LogP contribution in [0.1, 0.15) is 19.3 Å². The van der Waals surface area contributed by atoms with Crippen LogP contribution in [0.15, 0.2) is 0 Å². The van der Waals surface area contributed by atoms with Gasteiger partial charge in [-0.2, -0.15) is 0 Å². The van der Waals surface area contributed by atoms with E-state index in [1.54, 1.807) is 0 Å². The van der Waals surface area contributed by atoms with Crippen LogP contribution in [0, 0.1) is 0 Å². The highest BCUT2D eigenvalue weighted by Gasteiger charge is 2.26. The lowest BCUT2D eigenvalue weighted by Crippen LogP contribution is -2.39. The lowest BCUT2D eigenvalue weighted by molar-refractivity contribution is -0.139. The van der Waals surface area contributed by atoms with Crippen molar-refractivity contribution in [1.29, 1.82) is 0 Å². The number of aliphatic carboxylic acids is 1. The molecule has 0 aromatic rings. The standard InChI is InChI=1S/C6H11NO4S/c8-6(9)5-3-1-2-4-12(10,11)7-5/h5,7H,1-4H2,(H,8,9)/t5-/m0/s1. The van der Waals surface area contributed by atoms with E-state index in [0.717, 1.165) is 0 Å². The van der Waals surface area contributed by atoms with Crippen molar-refractivity contribution in [3.05, 3.63) is 0 Å². The summed E-state index contributed by atoms with van der Waals surface area (Å²) in [4.78, 5) is 10.5. The summed E-state index contributed by atoms with van der Waals surface area (Å²) in [6.45, 7) is 0. The zero-order chi connectivity index (χ0) is 9.19.